The molecule has 2 atom stereocenters. The molecule has 0 aromatic rings. The van der Waals surface area contributed by atoms with Crippen molar-refractivity contribution in [1.29, 1.82) is 0 Å². The van der Waals surface area contributed by atoms with E-state index in [1.165, 1.54) is 6.42 Å². The zero-order chi connectivity index (χ0) is 7.84. The first kappa shape index (κ1) is 7.92. The van der Waals surface area contributed by atoms with Crippen LogP contribution < -0.4 is 0 Å². The highest BCUT2D eigenvalue weighted by molar-refractivity contribution is 9.09. The second kappa shape index (κ2) is 2.98. The summed E-state index contributed by atoms with van der Waals surface area (Å²) in [5.41, 5.74) is 0. The molecular formula is C7H10BrNOS. The third kappa shape index (κ3) is 1.31. The molecule has 1 unspecified atom stereocenters. The topological polar surface area (TPSA) is 20.3 Å². The summed E-state index contributed by atoms with van der Waals surface area (Å²) in [5.74, 6) is 0.347. The fourth-order valence-corrected chi connectivity index (χ4v) is 3.92. The van der Waals surface area contributed by atoms with Crippen LogP contribution in [0.1, 0.15) is 12.8 Å². The standard InChI is InChI=1S/C7H10BrNOS/c8-2-1-5-4-9-6(10)3-7(9)11-5/h5,7H,1-4H2/t5?,7-/m1/s1. The van der Waals surface area contributed by atoms with Gasteiger partial charge < -0.3 is 4.90 Å². The van der Waals surface area contributed by atoms with Crippen molar-refractivity contribution in [2.24, 2.45) is 0 Å². The van der Waals surface area contributed by atoms with Crippen molar-refractivity contribution in [1.82, 2.24) is 4.90 Å². The van der Waals surface area contributed by atoms with E-state index in [-0.39, 0.29) is 0 Å². The predicted octanol–water partition coefficient (Wildman–Crippen LogP) is 1.45. The van der Waals surface area contributed by atoms with Crippen LogP contribution in [0, 0.1) is 0 Å². The largest absolute Gasteiger partial charge is 0.329 e. The number of alkyl halides is 1. The van der Waals surface area contributed by atoms with E-state index in [0.717, 1.165) is 18.3 Å². The Bertz CT molecular complexity index is 187. The number of nitrogens with zero attached hydrogens (tertiary/aromatic N) is 1. The molecule has 1 amide bonds. The number of β-lactam (4-membered cyclic amide) rings is 1. The monoisotopic (exact) mass is 235 g/mol. The number of carbonyl (C=O) groups excluding carboxylic acids is 1. The summed E-state index contributed by atoms with van der Waals surface area (Å²) in [7, 11) is 0. The Morgan fingerprint density at radius 1 is 1.73 bits per heavy atom. The third-order valence-electron chi connectivity index (χ3n) is 2.20. The molecule has 4 heteroatoms. The van der Waals surface area contributed by atoms with Gasteiger partial charge in [-0.25, -0.2) is 0 Å². The lowest BCUT2D eigenvalue weighted by atomic mass is 10.2. The van der Waals surface area contributed by atoms with Crippen molar-refractivity contribution < 1.29 is 4.79 Å². The molecular weight excluding hydrogens is 226 g/mol. The van der Waals surface area contributed by atoms with Crippen LogP contribution in [0.4, 0.5) is 0 Å². The second-order valence-electron chi connectivity index (χ2n) is 2.94. The summed E-state index contributed by atoms with van der Waals surface area (Å²) in [6.07, 6.45) is 1.97. The average molecular weight is 236 g/mol. The van der Waals surface area contributed by atoms with E-state index in [4.69, 9.17) is 0 Å². The van der Waals surface area contributed by atoms with Gasteiger partial charge in [-0.2, -0.15) is 0 Å². The number of fused-ring (bicyclic) bond motifs is 1. The number of rotatable bonds is 2. The number of thioether (sulfide) groups is 1. The van der Waals surface area contributed by atoms with Gasteiger partial charge in [-0.1, -0.05) is 15.9 Å². The number of carbonyl (C=O) groups is 1. The van der Waals surface area contributed by atoms with Gasteiger partial charge in [-0.3, -0.25) is 4.79 Å². The van der Waals surface area contributed by atoms with Crippen molar-refractivity contribution in [3.63, 3.8) is 0 Å². The fourth-order valence-electron chi connectivity index (χ4n) is 1.53. The van der Waals surface area contributed by atoms with Crippen LogP contribution in [0.15, 0.2) is 0 Å². The zero-order valence-corrected chi connectivity index (χ0v) is 8.53. The minimum Gasteiger partial charge on any atom is -0.329 e. The van der Waals surface area contributed by atoms with Crippen molar-refractivity contribution in [3.8, 4) is 0 Å². The molecule has 0 radical (unpaired) electrons. The van der Waals surface area contributed by atoms with Crippen LogP contribution in [-0.2, 0) is 4.79 Å². The van der Waals surface area contributed by atoms with Crippen LogP contribution in [0.5, 0.6) is 0 Å². The average Bonchev–Trinajstić information content (AvgIpc) is 2.29. The van der Waals surface area contributed by atoms with E-state index in [1.807, 2.05) is 16.7 Å². The van der Waals surface area contributed by atoms with Gasteiger partial charge in [0.1, 0.15) is 0 Å². The molecule has 0 N–H and O–H groups in total. The molecule has 0 aromatic carbocycles. The number of hydrogen-bond donors (Lipinski definition) is 0. The van der Waals surface area contributed by atoms with Gasteiger partial charge in [0.05, 0.1) is 11.8 Å². The van der Waals surface area contributed by atoms with Crippen LogP contribution in [0.2, 0.25) is 0 Å². The zero-order valence-electron chi connectivity index (χ0n) is 6.12. The Labute approximate surface area is 78.8 Å². The maximum Gasteiger partial charge on any atom is 0.226 e. The maximum absolute atomic E-state index is 11.0. The number of amides is 1. The minimum absolute atomic E-state index is 0.347. The van der Waals surface area contributed by atoms with E-state index < -0.39 is 0 Å². The Balaban J connectivity index is 1.88. The molecule has 0 saturated carbocycles. The van der Waals surface area contributed by atoms with Crippen LogP contribution in [0.25, 0.3) is 0 Å². The molecule has 2 aliphatic heterocycles. The van der Waals surface area contributed by atoms with Crippen molar-refractivity contribution in [3.05, 3.63) is 0 Å². The molecule has 0 bridgehead atoms. The Morgan fingerprint density at radius 2 is 2.55 bits per heavy atom. The Kier molecular flexibility index (Phi) is 2.14. The number of hydrogen-bond acceptors (Lipinski definition) is 2. The lowest BCUT2D eigenvalue weighted by Gasteiger charge is -2.32. The molecule has 0 aromatic heterocycles. The predicted molar refractivity (Wildman–Crippen MR) is 49.9 cm³/mol. The van der Waals surface area contributed by atoms with E-state index in [9.17, 15) is 4.79 Å². The summed E-state index contributed by atoms with van der Waals surface area (Å²) in [6, 6.07) is 0. The quantitative estimate of drug-likeness (QED) is 0.534. The van der Waals surface area contributed by atoms with Gasteiger partial charge in [0.2, 0.25) is 5.91 Å². The van der Waals surface area contributed by atoms with Crippen molar-refractivity contribution in [2.75, 3.05) is 11.9 Å². The lowest BCUT2D eigenvalue weighted by molar-refractivity contribution is -0.140. The van der Waals surface area contributed by atoms with E-state index >= 15 is 0 Å². The van der Waals surface area contributed by atoms with E-state index in [1.54, 1.807) is 0 Å². The molecule has 2 nitrogen and oxygen atoms in total. The maximum atomic E-state index is 11.0. The first-order valence-electron chi connectivity index (χ1n) is 3.82. The normalized spacial score (nSPS) is 35.4. The summed E-state index contributed by atoms with van der Waals surface area (Å²) >= 11 is 5.38. The summed E-state index contributed by atoms with van der Waals surface area (Å²) < 4.78 is 0. The highest BCUT2D eigenvalue weighted by Crippen LogP contribution is 2.40. The van der Waals surface area contributed by atoms with Gasteiger partial charge in [0, 0.05) is 17.1 Å². The van der Waals surface area contributed by atoms with Gasteiger partial charge >= 0.3 is 0 Å². The van der Waals surface area contributed by atoms with E-state index in [2.05, 4.69) is 15.9 Å². The van der Waals surface area contributed by atoms with Gasteiger partial charge in [0.25, 0.3) is 0 Å². The van der Waals surface area contributed by atoms with E-state index in [0.29, 0.717) is 16.5 Å². The molecule has 2 rings (SSSR count). The highest BCUT2D eigenvalue weighted by atomic mass is 79.9. The lowest BCUT2D eigenvalue weighted by Crippen LogP contribution is -2.47. The minimum atomic E-state index is 0.347. The molecule has 0 aliphatic carbocycles. The molecule has 11 heavy (non-hydrogen) atoms. The molecule has 62 valence electrons. The first-order valence-corrected chi connectivity index (χ1v) is 5.88. The molecule has 2 heterocycles. The van der Waals surface area contributed by atoms with Gasteiger partial charge in [-0.05, 0) is 6.42 Å². The van der Waals surface area contributed by atoms with Crippen molar-refractivity contribution >= 4 is 33.6 Å². The molecule has 2 aliphatic rings. The fraction of sp³-hybridized carbons (Fsp3) is 0.857. The molecule has 2 fully saturated rings. The third-order valence-corrected chi connectivity index (χ3v) is 4.16. The summed E-state index contributed by atoms with van der Waals surface area (Å²) in [4.78, 5) is 13.0. The van der Waals surface area contributed by atoms with Crippen LogP contribution >= 0.6 is 27.7 Å². The summed E-state index contributed by atoms with van der Waals surface area (Å²) in [5, 5.41) is 2.27. The molecule has 0 spiro atoms. The highest BCUT2D eigenvalue weighted by Gasteiger charge is 2.44. The van der Waals surface area contributed by atoms with Gasteiger partial charge in [0.15, 0.2) is 0 Å². The first-order chi connectivity index (χ1) is 5.31. The van der Waals surface area contributed by atoms with Crippen molar-refractivity contribution in [2.45, 2.75) is 23.5 Å². The van der Waals surface area contributed by atoms with Crippen LogP contribution in [-0.4, -0.2) is 33.3 Å². The van der Waals surface area contributed by atoms with Crippen LogP contribution in [0.3, 0.4) is 0 Å². The number of halogens is 1. The Morgan fingerprint density at radius 3 is 3.09 bits per heavy atom. The second-order valence-corrected chi connectivity index (χ2v) is 5.22. The van der Waals surface area contributed by atoms with Gasteiger partial charge in [-0.15, -0.1) is 11.8 Å². The SMILES string of the molecule is O=C1C[C@H]2SC(CCBr)CN12. The smallest absolute Gasteiger partial charge is 0.226 e. The summed E-state index contributed by atoms with van der Waals surface area (Å²) in [6.45, 7) is 0.986. The molecule has 2 saturated heterocycles. The Hall–Kier alpha value is 0.300.